The Morgan fingerprint density at radius 3 is 2.60 bits per heavy atom. The average molecular weight is 347 g/mol. The van der Waals surface area contributed by atoms with Crippen LogP contribution in [0.1, 0.15) is 40.1 Å². The summed E-state index contributed by atoms with van der Waals surface area (Å²) < 4.78 is 4.64. The van der Waals surface area contributed by atoms with Crippen LogP contribution >= 0.6 is 0 Å². The van der Waals surface area contributed by atoms with Crippen molar-refractivity contribution in [3.8, 4) is 0 Å². The molecule has 25 heavy (non-hydrogen) atoms. The first kappa shape index (κ1) is 17.8. The molecular weight excluding hydrogens is 322 g/mol. The second-order valence-electron chi connectivity index (χ2n) is 7.27. The molecule has 0 aromatic carbocycles. The molecule has 1 aromatic rings. The van der Waals surface area contributed by atoms with Crippen LogP contribution in [0.25, 0.3) is 0 Å². The number of esters is 1. The van der Waals surface area contributed by atoms with Gasteiger partial charge in [0.1, 0.15) is 5.69 Å². The van der Waals surface area contributed by atoms with Crippen LogP contribution in [0.2, 0.25) is 0 Å². The molecule has 0 saturated carbocycles. The summed E-state index contributed by atoms with van der Waals surface area (Å²) in [4.78, 5) is 32.2. The zero-order valence-corrected chi connectivity index (χ0v) is 14.8. The Balaban J connectivity index is 1.62. The second kappa shape index (κ2) is 7.09. The summed E-state index contributed by atoms with van der Waals surface area (Å²) >= 11 is 0. The van der Waals surface area contributed by atoms with Gasteiger partial charge in [0.05, 0.1) is 18.8 Å². The summed E-state index contributed by atoms with van der Waals surface area (Å²) in [7, 11) is 3.35. The molecule has 0 radical (unpaired) electrons. The third-order valence-electron chi connectivity index (χ3n) is 5.31. The van der Waals surface area contributed by atoms with Crippen molar-refractivity contribution in [2.45, 2.75) is 25.4 Å². The normalized spacial score (nSPS) is 23.5. The number of pyridine rings is 1. The van der Waals surface area contributed by atoms with E-state index in [4.69, 9.17) is 0 Å². The minimum absolute atomic E-state index is 0.103. The number of methoxy groups -OCH3 is 1. The van der Waals surface area contributed by atoms with Crippen LogP contribution in [0.4, 0.5) is 0 Å². The van der Waals surface area contributed by atoms with Crippen LogP contribution in [0, 0.1) is 5.41 Å². The molecule has 1 unspecified atom stereocenters. The standard InChI is InChI=1S/C18H25N3O4/c1-20-11-14(22)9-18(12-20)5-7-21(8-6-18)16(23)15-4-3-13(10-19-15)17(24)25-2/h3-4,10,14,22H,5-9,11-12H2,1-2H3. The third-order valence-corrected chi connectivity index (χ3v) is 5.31. The van der Waals surface area contributed by atoms with Crippen LogP contribution in [0.15, 0.2) is 18.3 Å². The quantitative estimate of drug-likeness (QED) is 0.797. The summed E-state index contributed by atoms with van der Waals surface area (Å²) in [5.74, 6) is -0.581. The number of nitrogens with zero attached hydrogens (tertiary/aromatic N) is 3. The van der Waals surface area contributed by atoms with Gasteiger partial charge in [-0.1, -0.05) is 0 Å². The van der Waals surface area contributed by atoms with Crippen LogP contribution in [-0.2, 0) is 4.74 Å². The van der Waals surface area contributed by atoms with Gasteiger partial charge in [0.2, 0.25) is 0 Å². The largest absolute Gasteiger partial charge is 0.465 e. The average Bonchev–Trinajstić information content (AvgIpc) is 2.60. The van der Waals surface area contributed by atoms with Crippen molar-refractivity contribution >= 4 is 11.9 Å². The number of ether oxygens (including phenoxy) is 1. The Hall–Kier alpha value is -1.99. The lowest BCUT2D eigenvalue weighted by molar-refractivity contribution is -0.0287. The lowest BCUT2D eigenvalue weighted by Crippen LogP contribution is -2.53. The summed E-state index contributed by atoms with van der Waals surface area (Å²) in [5.41, 5.74) is 0.769. The summed E-state index contributed by atoms with van der Waals surface area (Å²) in [6, 6.07) is 3.13. The first-order valence-corrected chi connectivity index (χ1v) is 8.63. The Labute approximate surface area is 147 Å². The van der Waals surface area contributed by atoms with Gasteiger partial charge in [0, 0.05) is 32.4 Å². The van der Waals surface area contributed by atoms with E-state index >= 15 is 0 Å². The van der Waals surface area contributed by atoms with Gasteiger partial charge >= 0.3 is 5.97 Å². The summed E-state index contributed by atoms with van der Waals surface area (Å²) in [5, 5.41) is 10.1. The van der Waals surface area contributed by atoms with E-state index in [0.29, 0.717) is 24.3 Å². The highest BCUT2D eigenvalue weighted by atomic mass is 16.5. The molecule has 0 aliphatic carbocycles. The highest BCUT2D eigenvalue weighted by Crippen LogP contribution is 2.39. The molecule has 7 nitrogen and oxygen atoms in total. The van der Waals surface area contributed by atoms with E-state index in [9.17, 15) is 14.7 Å². The van der Waals surface area contributed by atoms with Crippen molar-refractivity contribution in [3.05, 3.63) is 29.6 Å². The van der Waals surface area contributed by atoms with E-state index in [1.165, 1.54) is 13.3 Å². The van der Waals surface area contributed by atoms with Crippen LogP contribution in [-0.4, -0.2) is 78.2 Å². The van der Waals surface area contributed by atoms with Crippen LogP contribution < -0.4 is 0 Å². The number of likely N-dealkylation sites (N-methyl/N-ethyl adjacent to an activating group) is 1. The van der Waals surface area contributed by atoms with Crippen LogP contribution in [0.3, 0.4) is 0 Å². The van der Waals surface area contributed by atoms with E-state index in [0.717, 1.165) is 32.4 Å². The molecule has 3 rings (SSSR count). The lowest BCUT2D eigenvalue weighted by Gasteiger charge is -2.48. The van der Waals surface area contributed by atoms with Crippen molar-refractivity contribution < 1.29 is 19.4 Å². The number of aromatic nitrogens is 1. The Bertz CT molecular complexity index is 626. The lowest BCUT2D eigenvalue weighted by atomic mass is 9.71. The first-order chi connectivity index (χ1) is 11.9. The molecule has 0 bridgehead atoms. The maximum atomic E-state index is 12.6. The van der Waals surface area contributed by atoms with Gasteiger partial charge in [-0.15, -0.1) is 0 Å². The number of hydrogen-bond donors (Lipinski definition) is 1. The molecule has 136 valence electrons. The summed E-state index contributed by atoms with van der Waals surface area (Å²) in [6.45, 7) is 3.03. The third kappa shape index (κ3) is 3.82. The zero-order valence-electron chi connectivity index (χ0n) is 14.8. The predicted molar refractivity (Wildman–Crippen MR) is 91.3 cm³/mol. The molecule has 2 aliphatic rings. The molecular formula is C18H25N3O4. The number of β-amino-alcohol motifs (C(OH)–C–C–N with tert-alkyl or cyclic N) is 1. The monoisotopic (exact) mass is 347 g/mol. The van der Waals surface area contributed by atoms with Crippen molar-refractivity contribution in [1.29, 1.82) is 0 Å². The Morgan fingerprint density at radius 2 is 2.04 bits per heavy atom. The van der Waals surface area contributed by atoms with Gasteiger partial charge in [-0.2, -0.15) is 0 Å². The van der Waals surface area contributed by atoms with Crippen molar-refractivity contribution in [3.63, 3.8) is 0 Å². The fraction of sp³-hybridized carbons (Fsp3) is 0.611. The Kier molecular flexibility index (Phi) is 5.06. The SMILES string of the molecule is COC(=O)c1ccc(C(=O)N2CCC3(CC2)CC(O)CN(C)C3)nc1. The van der Waals surface area contributed by atoms with Crippen molar-refractivity contribution in [2.75, 3.05) is 40.3 Å². The molecule has 2 saturated heterocycles. The molecule has 1 atom stereocenters. The van der Waals surface area contributed by atoms with Gasteiger partial charge in [-0.3, -0.25) is 9.78 Å². The number of rotatable bonds is 2. The number of aliphatic hydroxyl groups is 1. The van der Waals surface area contributed by atoms with Gasteiger partial charge in [0.25, 0.3) is 5.91 Å². The number of amides is 1. The molecule has 1 N–H and O–H groups in total. The minimum Gasteiger partial charge on any atom is -0.465 e. The molecule has 3 heterocycles. The van der Waals surface area contributed by atoms with Gasteiger partial charge < -0.3 is 19.6 Å². The number of aliphatic hydroxyl groups excluding tert-OH is 1. The summed E-state index contributed by atoms with van der Waals surface area (Å²) in [6.07, 6.45) is 3.68. The predicted octanol–water partition coefficient (Wildman–Crippen LogP) is 0.787. The molecule has 2 fully saturated rings. The van der Waals surface area contributed by atoms with E-state index < -0.39 is 5.97 Å². The molecule has 1 spiro atoms. The number of carbonyl (C=O) groups is 2. The second-order valence-corrected chi connectivity index (χ2v) is 7.27. The highest BCUT2D eigenvalue weighted by Gasteiger charge is 2.41. The molecule has 1 amide bonds. The maximum Gasteiger partial charge on any atom is 0.339 e. The fourth-order valence-corrected chi connectivity index (χ4v) is 4.09. The molecule has 1 aromatic heterocycles. The first-order valence-electron chi connectivity index (χ1n) is 8.63. The van der Waals surface area contributed by atoms with Gasteiger partial charge in [-0.05, 0) is 43.9 Å². The van der Waals surface area contributed by atoms with Crippen LogP contribution in [0.5, 0.6) is 0 Å². The van der Waals surface area contributed by atoms with E-state index in [1.54, 1.807) is 12.1 Å². The number of piperidine rings is 2. The van der Waals surface area contributed by atoms with Gasteiger partial charge in [-0.25, -0.2) is 4.79 Å². The van der Waals surface area contributed by atoms with E-state index in [-0.39, 0.29) is 17.4 Å². The zero-order chi connectivity index (χ0) is 18.0. The number of carbonyl (C=O) groups excluding carboxylic acids is 2. The highest BCUT2D eigenvalue weighted by molar-refractivity contribution is 5.94. The smallest absolute Gasteiger partial charge is 0.339 e. The number of hydrogen-bond acceptors (Lipinski definition) is 6. The molecule has 7 heteroatoms. The topological polar surface area (TPSA) is 83.0 Å². The Morgan fingerprint density at radius 1 is 1.32 bits per heavy atom. The van der Waals surface area contributed by atoms with Crippen molar-refractivity contribution in [2.24, 2.45) is 5.41 Å². The maximum absolute atomic E-state index is 12.6. The minimum atomic E-state index is -0.466. The van der Waals surface area contributed by atoms with E-state index in [1.807, 2.05) is 11.9 Å². The fourth-order valence-electron chi connectivity index (χ4n) is 4.09. The van der Waals surface area contributed by atoms with E-state index in [2.05, 4.69) is 14.6 Å². The van der Waals surface area contributed by atoms with Crippen molar-refractivity contribution in [1.82, 2.24) is 14.8 Å². The number of likely N-dealkylation sites (tertiary alicyclic amines) is 2. The van der Waals surface area contributed by atoms with Gasteiger partial charge in [0.15, 0.2) is 0 Å². The molecule has 2 aliphatic heterocycles.